The minimum Gasteiger partial charge on any atom is -0.545 e. The van der Waals surface area contributed by atoms with Gasteiger partial charge in [0.05, 0.1) is 16.5 Å². The normalized spacial score (nSPS) is 10.3. The third-order valence-corrected chi connectivity index (χ3v) is 6.26. The summed E-state index contributed by atoms with van der Waals surface area (Å²) in [6, 6.07) is 21.8. The van der Waals surface area contributed by atoms with Crippen LogP contribution in [0.5, 0.6) is 0 Å². The first kappa shape index (κ1) is 25.4. The second-order valence-electron chi connectivity index (χ2n) is 7.61. The van der Waals surface area contributed by atoms with Gasteiger partial charge in [-0.25, -0.2) is 4.98 Å². The Balaban J connectivity index is 0.00000304. The fourth-order valence-corrected chi connectivity index (χ4v) is 4.31. The van der Waals surface area contributed by atoms with Crippen LogP contribution >= 0.6 is 11.3 Å². The van der Waals surface area contributed by atoms with E-state index in [0.29, 0.717) is 40.7 Å². The number of rotatable bonds is 7. The molecule has 0 radical (unpaired) electrons. The van der Waals surface area contributed by atoms with E-state index in [2.05, 4.69) is 16.4 Å². The van der Waals surface area contributed by atoms with E-state index in [1.165, 1.54) is 12.1 Å². The molecule has 0 atom stereocenters. The van der Waals surface area contributed by atoms with Gasteiger partial charge in [0, 0.05) is 30.1 Å². The first-order valence-electron chi connectivity index (χ1n) is 10.7. The summed E-state index contributed by atoms with van der Waals surface area (Å²) < 4.78 is 6.12. The van der Waals surface area contributed by atoms with E-state index < -0.39 is 5.97 Å². The summed E-state index contributed by atoms with van der Waals surface area (Å²) in [6.07, 6.45) is 3.41. The maximum atomic E-state index is 11.0. The number of nitrogens with one attached hydrogen (secondary N) is 1. The quantitative estimate of drug-likeness (QED) is 0.340. The van der Waals surface area contributed by atoms with E-state index in [4.69, 9.17) is 9.40 Å². The molecule has 0 saturated carbocycles. The van der Waals surface area contributed by atoms with Gasteiger partial charge < -0.3 is 19.6 Å². The van der Waals surface area contributed by atoms with E-state index in [-0.39, 0.29) is 35.1 Å². The van der Waals surface area contributed by atoms with Gasteiger partial charge in [-0.3, -0.25) is 4.98 Å². The molecule has 0 unspecified atom stereocenters. The van der Waals surface area contributed by atoms with Gasteiger partial charge in [-0.2, -0.15) is 5.26 Å². The Kier molecular flexibility index (Phi) is 7.98. The Morgan fingerprint density at radius 1 is 1.08 bits per heavy atom. The molecule has 0 aliphatic rings. The van der Waals surface area contributed by atoms with Crippen molar-refractivity contribution in [1.82, 2.24) is 9.97 Å². The molecule has 4 heterocycles. The molecule has 0 aliphatic carbocycles. The van der Waals surface area contributed by atoms with Gasteiger partial charge in [0.1, 0.15) is 29.0 Å². The minimum atomic E-state index is -1.23. The SMILES string of the molecule is N#Cc1c(-c2ccc(-c3cccnc3)o2)cc(-c2cccs2)nc1NCc1ccc(C(=O)[O-])cc1.[Na+]. The summed E-state index contributed by atoms with van der Waals surface area (Å²) in [6.45, 7) is 0.349. The molecule has 0 amide bonds. The number of furan rings is 1. The zero-order chi connectivity index (χ0) is 24.2. The third-order valence-electron chi connectivity index (χ3n) is 5.37. The Morgan fingerprint density at radius 3 is 2.56 bits per heavy atom. The molecule has 170 valence electrons. The van der Waals surface area contributed by atoms with Gasteiger partial charge in [-0.05, 0) is 52.9 Å². The minimum absolute atomic E-state index is 0. The van der Waals surface area contributed by atoms with E-state index in [1.54, 1.807) is 35.9 Å². The van der Waals surface area contributed by atoms with Crippen molar-refractivity contribution in [2.75, 3.05) is 5.32 Å². The van der Waals surface area contributed by atoms with Crippen molar-refractivity contribution in [2.45, 2.75) is 6.54 Å². The number of nitriles is 1. The average molecular weight is 501 g/mol. The summed E-state index contributed by atoms with van der Waals surface area (Å²) in [4.78, 5) is 20.8. The van der Waals surface area contributed by atoms with Crippen molar-refractivity contribution in [3.8, 4) is 39.3 Å². The summed E-state index contributed by atoms with van der Waals surface area (Å²) in [7, 11) is 0. The number of hydrogen-bond donors (Lipinski definition) is 1. The molecular weight excluding hydrogens is 483 g/mol. The molecule has 0 aliphatic heterocycles. The number of aromatic carboxylic acids is 1. The first-order valence-corrected chi connectivity index (χ1v) is 11.5. The van der Waals surface area contributed by atoms with Crippen molar-refractivity contribution in [3.63, 3.8) is 0 Å². The number of carbonyl (C=O) groups is 1. The van der Waals surface area contributed by atoms with E-state index in [1.807, 2.05) is 47.8 Å². The number of carboxylic acid groups (broad SMARTS) is 1. The molecule has 0 spiro atoms. The number of pyridine rings is 2. The van der Waals surface area contributed by atoms with Crippen LogP contribution in [-0.2, 0) is 6.54 Å². The monoisotopic (exact) mass is 500 g/mol. The standard InChI is InChI=1S/C27H18N4O3S.Na/c28-14-21-20(24-10-9-23(34-24)19-3-1-11-29-16-19)13-22(25-4-2-12-35-25)31-26(21)30-15-17-5-7-18(8-6-17)27(32)33;/h1-13,16H,15H2,(H,30,31)(H,32,33);/q;+1/p-1. The zero-order valence-electron chi connectivity index (χ0n) is 19.3. The van der Waals surface area contributed by atoms with Crippen LogP contribution in [0.25, 0.3) is 33.2 Å². The molecule has 36 heavy (non-hydrogen) atoms. The predicted molar refractivity (Wildman–Crippen MR) is 131 cm³/mol. The summed E-state index contributed by atoms with van der Waals surface area (Å²) in [5.41, 5.74) is 3.46. The number of carbonyl (C=O) groups excluding carboxylic acids is 1. The summed E-state index contributed by atoms with van der Waals surface area (Å²) in [5.74, 6) is 0.378. The van der Waals surface area contributed by atoms with Crippen molar-refractivity contribution in [2.24, 2.45) is 0 Å². The van der Waals surface area contributed by atoms with Gasteiger partial charge in [-0.1, -0.05) is 30.3 Å². The van der Waals surface area contributed by atoms with Crippen molar-refractivity contribution >= 4 is 23.1 Å². The van der Waals surface area contributed by atoms with Crippen molar-refractivity contribution in [1.29, 1.82) is 5.26 Å². The van der Waals surface area contributed by atoms with E-state index in [9.17, 15) is 15.2 Å². The number of carboxylic acids is 1. The van der Waals surface area contributed by atoms with Crippen LogP contribution in [0, 0.1) is 11.3 Å². The van der Waals surface area contributed by atoms with E-state index in [0.717, 1.165) is 16.0 Å². The van der Waals surface area contributed by atoms with Crippen LogP contribution in [0.1, 0.15) is 21.5 Å². The van der Waals surface area contributed by atoms with E-state index >= 15 is 0 Å². The molecule has 1 aromatic carbocycles. The van der Waals surface area contributed by atoms with Crippen LogP contribution in [-0.4, -0.2) is 15.9 Å². The van der Waals surface area contributed by atoms with Gasteiger partial charge in [0.2, 0.25) is 0 Å². The van der Waals surface area contributed by atoms with Crippen molar-refractivity contribution < 1.29 is 43.9 Å². The Morgan fingerprint density at radius 2 is 1.89 bits per heavy atom. The number of hydrogen-bond acceptors (Lipinski definition) is 8. The molecular formula is C27H17N4NaO3S. The number of anilines is 1. The van der Waals surface area contributed by atoms with Crippen LogP contribution in [0.2, 0.25) is 0 Å². The topological polar surface area (TPSA) is 115 Å². The molecule has 5 rings (SSSR count). The molecule has 5 aromatic rings. The molecule has 9 heteroatoms. The van der Waals surface area contributed by atoms with Gasteiger partial charge in [0.25, 0.3) is 0 Å². The number of benzene rings is 1. The molecule has 0 saturated heterocycles. The second-order valence-corrected chi connectivity index (χ2v) is 8.56. The van der Waals surface area contributed by atoms with Gasteiger partial charge in [0.15, 0.2) is 0 Å². The van der Waals surface area contributed by atoms with Crippen molar-refractivity contribution in [3.05, 3.63) is 101 Å². The third kappa shape index (κ3) is 5.40. The van der Waals surface area contributed by atoms with Gasteiger partial charge in [-0.15, -0.1) is 11.3 Å². The molecule has 1 N–H and O–H groups in total. The largest absolute Gasteiger partial charge is 1.00 e. The smallest absolute Gasteiger partial charge is 0.545 e. The van der Waals surface area contributed by atoms with Gasteiger partial charge >= 0.3 is 29.6 Å². The van der Waals surface area contributed by atoms with Crippen LogP contribution < -0.4 is 40.0 Å². The number of thiophene rings is 1. The molecule has 0 bridgehead atoms. The fourth-order valence-electron chi connectivity index (χ4n) is 3.62. The number of nitrogens with zero attached hydrogens (tertiary/aromatic N) is 3. The zero-order valence-corrected chi connectivity index (χ0v) is 22.1. The predicted octanol–water partition coefficient (Wildman–Crippen LogP) is 1.98. The second kappa shape index (κ2) is 11.3. The Hall–Kier alpha value is -3.74. The Labute approximate surface area is 233 Å². The Bertz CT molecular complexity index is 1530. The van der Waals surface area contributed by atoms with Crippen LogP contribution in [0.15, 0.2) is 88.9 Å². The maximum Gasteiger partial charge on any atom is 1.00 e. The van der Waals surface area contributed by atoms with Crippen LogP contribution in [0.3, 0.4) is 0 Å². The first-order chi connectivity index (χ1) is 17.1. The maximum absolute atomic E-state index is 11.0. The average Bonchev–Trinajstić information content (AvgIpc) is 3.61. The molecule has 7 nitrogen and oxygen atoms in total. The molecule has 0 fully saturated rings. The molecule has 4 aromatic heterocycles. The van der Waals surface area contributed by atoms with Crippen LogP contribution in [0.4, 0.5) is 5.82 Å². The summed E-state index contributed by atoms with van der Waals surface area (Å²) in [5, 5.41) is 26.3. The number of aromatic nitrogens is 2. The fraction of sp³-hybridized carbons (Fsp3) is 0.0370. The summed E-state index contributed by atoms with van der Waals surface area (Å²) >= 11 is 1.55.